The highest BCUT2D eigenvalue weighted by atomic mass is 32.2. The third-order valence-electron chi connectivity index (χ3n) is 2.16. The summed E-state index contributed by atoms with van der Waals surface area (Å²) >= 11 is 1.93. The van der Waals surface area contributed by atoms with Crippen molar-refractivity contribution in [3.8, 4) is 0 Å². The molecule has 0 saturated carbocycles. The lowest BCUT2D eigenvalue weighted by Crippen LogP contribution is -2.42. The number of ether oxygens (including phenoxy) is 1. The Labute approximate surface area is 97.3 Å². The predicted molar refractivity (Wildman–Crippen MR) is 66.3 cm³/mol. The Kier molecular flexibility index (Phi) is 8.91. The van der Waals surface area contributed by atoms with Gasteiger partial charge in [0.2, 0.25) is 0 Å². The molecule has 0 aromatic heterocycles. The number of rotatable bonds is 8. The number of hydrogen-bond acceptors (Lipinski definition) is 4. The predicted octanol–water partition coefficient (Wildman–Crippen LogP) is 1.92. The summed E-state index contributed by atoms with van der Waals surface area (Å²) in [6.45, 7) is 7.08. The molecule has 0 aromatic carbocycles. The summed E-state index contributed by atoms with van der Waals surface area (Å²) < 4.78 is 4.75. The third kappa shape index (κ3) is 6.79. The van der Waals surface area contributed by atoms with Crippen molar-refractivity contribution in [1.82, 2.24) is 5.32 Å². The zero-order valence-electron chi connectivity index (χ0n) is 10.2. The van der Waals surface area contributed by atoms with Crippen molar-refractivity contribution in [1.29, 1.82) is 0 Å². The second-order valence-corrected chi connectivity index (χ2v) is 5.14. The number of carbonyl (C=O) groups is 1. The standard InChI is InChI=1S/C11H23NO2S/c1-5-15-8-6-7-12-10(9(2)3)11(13)14-4/h9-10,12H,5-8H2,1-4H3. The summed E-state index contributed by atoms with van der Waals surface area (Å²) in [4.78, 5) is 11.4. The average Bonchev–Trinajstić information content (AvgIpc) is 2.22. The molecule has 1 unspecified atom stereocenters. The van der Waals surface area contributed by atoms with Crippen molar-refractivity contribution in [2.24, 2.45) is 5.92 Å². The monoisotopic (exact) mass is 233 g/mol. The van der Waals surface area contributed by atoms with E-state index in [9.17, 15) is 4.79 Å². The minimum absolute atomic E-state index is 0.159. The number of esters is 1. The van der Waals surface area contributed by atoms with E-state index >= 15 is 0 Å². The van der Waals surface area contributed by atoms with Crippen LogP contribution in [0.3, 0.4) is 0 Å². The first-order valence-electron chi connectivity index (χ1n) is 5.52. The first-order valence-corrected chi connectivity index (χ1v) is 6.67. The molecule has 4 heteroatoms. The van der Waals surface area contributed by atoms with Gasteiger partial charge in [0.1, 0.15) is 6.04 Å². The van der Waals surface area contributed by atoms with Crippen molar-refractivity contribution in [2.45, 2.75) is 33.2 Å². The molecule has 0 aromatic rings. The molecular formula is C11H23NO2S. The molecule has 0 saturated heterocycles. The van der Waals surface area contributed by atoms with Gasteiger partial charge in [0.15, 0.2) is 0 Å². The molecule has 0 rings (SSSR count). The number of carbonyl (C=O) groups excluding carboxylic acids is 1. The maximum absolute atomic E-state index is 11.4. The highest BCUT2D eigenvalue weighted by Crippen LogP contribution is 2.04. The van der Waals surface area contributed by atoms with Gasteiger partial charge >= 0.3 is 5.97 Å². The van der Waals surface area contributed by atoms with Crippen molar-refractivity contribution in [3.05, 3.63) is 0 Å². The minimum Gasteiger partial charge on any atom is -0.468 e. The molecule has 90 valence electrons. The lowest BCUT2D eigenvalue weighted by molar-refractivity contribution is -0.144. The Morgan fingerprint density at radius 3 is 2.60 bits per heavy atom. The quantitative estimate of drug-likeness (QED) is 0.513. The highest BCUT2D eigenvalue weighted by molar-refractivity contribution is 7.99. The zero-order valence-corrected chi connectivity index (χ0v) is 11.0. The van der Waals surface area contributed by atoms with Crippen LogP contribution in [-0.2, 0) is 9.53 Å². The molecule has 0 radical (unpaired) electrons. The minimum atomic E-state index is -0.165. The van der Waals surface area contributed by atoms with Crippen LogP contribution in [0.5, 0.6) is 0 Å². The molecule has 1 atom stereocenters. The van der Waals surface area contributed by atoms with E-state index in [1.807, 2.05) is 25.6 Å². The van der Waals surface area contributed by atoms with Crippen LogP contribution in [0.1, 0.15) is 27.2 Å². The molecule has 0 spiro atoms. The van der Waals surface area contributed by atoms with Crippen LogP contribution in [-0.4, -0.2) is 37.2 Å². The van der Waals surface area contributed by atoms with Crippen molar-refractivity contribution in [3.63, 3.8) is 0 Å². The van der Waals surface area contributed by atoms with Gasteiger partial charge in [0.05, 0.1) is 7.11 Å². The highest BCUT2D eigenvalue weighted by Gasteiger charge is 2.21. The van der Waals surface area contributed by atoms with Crippen LogP contribution >= 0.6 is 11.8 Å². The maximum atomic E-state index is 11.4. The Bertz CT molecular complexity index is 174. The maximum Gasteiger partial charge on any atom is 0.323 e. The fourth-order valence-electron chi connectivity index (χ4n) is 1.29. The van der Waals surface area contributed by atoms with Gasteiger partial charge in [-0.15, -0.1) is 0 Å². The van der Waals surface area contributed by atoms with E-state index in [1.54, 1.807) is 0 Å². The molecule has 15 heavy (non-hydrogen) atoms. The molecule has 0 fully saturated rings. The van der Waals surface area contributed by atoms with Crippen molar-refractivity contribution >= 4 is 17.7 Å². The summed E-state index contributed by atoms with van der Waals surface area (Å²) in [6.07, 6.45) is 1.10. The van der Waals surface area contributed by atoms with E-state index in [4.69, 9.17) is 4.74 Å². The van der Waals surface area contributed by atoms with Crippen LogP contribution in [0.2, 0.25) is 0 Å². The smallest absolute Gasteiger partial charge is 0.323 e. The second kappa shape index (κ2) is 9.04. The van der Waals surface area contributed by atoms with Crippen LogP contribution in [0.15, 0.2) is 0 Å². The molecule has 0 aliphatic carbocycles. The summed E-state index contributed by atoms with van der Waals surface area (Å²) in [5.74, 6) is 2.42. The molecule has 0 bridgehead atoms. The number of methoxy groups -OCH3 is 1. The molecular weight excluding hydrogens is 210 g/mol. The first kappa shape index (κ1) is 14.8. The second-order valence-electron chi connectivity index (χ2n) is 3.75. The van der Waals surface area contributed by atoms with Gasteiger partial charge < -0.3 is 10.1 Å². The fraction of sp³-hybridized carbons (Fsp3) is 0.909. The van der Waals surface area contributed by atoms with E-state index in [1.165, 1.54) is 7.11 Å². The van der Waals surface area contributed by atoms with E-state index in [-0.39, 0.29) is 17.9 Å². The summed E-state index contributed by atoms with van der Waals surface area (Å²) in [5, 5.41) is 3.24. The van der Waals surface area contributed by atoms with Gasteiger partial charge in [-0.3, -0.25) is 4.79 Å². The van der Waals surface area contributed by atoms with Crippen molar-refractivity contribution < 1.29 is 9.53 Å². The van der Waals surface area contributed by atoms with Gasteiger partial charge in [-0.05, 0) is 30.4 Å². The van der Waals surface area contributed by atoms with Crippen LogP contribution in [0.25, 0.3) is 0 Å². The Morgan fingerprint density at radius 1 is 1.47 bits per heavy atom. The fourth-order valence-corrected chi connectivity index (χ4v) is 1.93. The molecule has 0 amide bonds. The number of thioether (sulfide) groups is 1. The number of hydrogen-bond donors (Lipinski definition) is 1. The van der Waals surface area contributed by atoms with Gasteiger partial charge in [-0.2, -0.15) is 11.8 Å². The van der Waals surface area contributed by atoms with Gasteiger partial charge in [0.25, 0.3) is 0 Å². The lowest BCUT2D eigenvalue weighted by atomic mass is 10.0. The van der Waals surface area contributed by atoms with Gasteiger partial charge in [0, 0.05) is 0 Å². The summed E-state index contributed by atoms with van der Waals surface area (Å²) in [6, 6.07) is -0.165. The molecule has 3 nitrogen and oxygen atoms in total. The molecule has 1 N–H and O–H groups in total. The van der Waals surface area contributed by atoms with E-state index in [2.05, 4.69) is 12.2 Å². The van der Waals surface area contributed by atoms with Crippen molar-refractivity contribution in [2.75, 3.05) is 25.2 Å². The first-order chi connectivity index (χ1) is 7.13. The molecule has 0 aliphatic rings. The average molecular weight is 233 g/mol. The van der Waals surface area contributed by atoms with E-state index in [0.717, 1.165) is 24.5 Å². The summed E-state index contributed by atoms with van der Waals surface area (Å²) in [7, 11) is 1.44. The largest absolute Gasteiger partial charge is 0.468 e. The van der Waals surface area contributed by atoms with E-state index in [0.29, 0.717) is 0 Å². The molecule has 0 heterocycles. The zero-order chi connectivity index (χ0) is 11.7. The normalized spacial score (nSPS) is 12.9. The SMILES string of the molecule is CCSCCCNC(C(=O)OC)C(C)C. The van der Waals surface area contributed by atoms with Crippen LogP contribution in [0.4, 0.5) is 0 Å². The van der Waals surface area contributed by atoms with Crippen LogP contribution in [0, 0.1) is 5.92 Å². The Morgan fingerprint density at radius 2 is 2.13 bits per heavy atom. The van der Waals surface area contributed by atoms with Gasteiger partial charge in [-0.25, -0.2) is 0 Å². The van der Waals surface area contributed by atoms with Gasteiger partial charge in [-0.1, -0.05) is 20.8 Å². The summed E-state index contributed by atoms with van der Waals surface area (Å²) in [5.41, 5.74) is 0. The lowest BCUT2D eigenvalue weighted by Gasteiger charge is -2.19. The Balaban J connectivity index is 3.72. The topological polar surface area (TPSA) is 38.3 Å². The third-order valence-corrected chi connectivity index (χ3v) is 3.14. The van der Waals surface area contributed by atoms with E-state index < -0.39 is 0 Å². The Hall–Kier alpha value is -0.220. The van der Waals surface area contributed by atoms with Crippen LogP contribution < -0.4 is 5.32 Å². The number of nitrogens with one attached hydrogen (secondary N) is 1. The molecule has 0 aliphatic heterocycles.